The van der Waals surface area contributed by atoms with E-state index in [1.165, 1.54) is 13.2 Å². The van der Waals surface area contributed by atoms with Crippen molar-refractivity contribution < 1.29 is 14.3 Å². The lowest BCUT2D eigenvalue weighted by Gasteiger charge is -2.08. The first kappa shape index (κ1) is 18.1. The molecule has 1 amide bonds. The van der Waals surface area contributed by atoms with Crippen LogP contribution in [0.2, 0.25) is 0 Å². The Hall–Kier alpha value is -3.74. The van der Waals surface area contributed by atoms with Gasteiger partial charge in [0.2, 0.25) is 0 Å². The van der Waals surface area contributed by atoms with E-state index in [9.17, 15) is 9.59 Å². The zero-order valence-electron chi connectivity index (χ0n) is 14.7. The number of hydrogen-bond acceptors (Lipinski definition) is 6. The summed E-state index contributed by atoms with van der Waals surface area (Å²) in [5.41, 5.74) is 8.27. The van der Waals surface area contributed by atoms with Gasteiger partial charge in [-0.3, -0.25) is 4.79 Å². The molecule has 0 aliphatic heterocycles. The number of rotatable bonds is 5. The Bertz CT molecular complexity index is 957. The summed E-state index contributed by atoms with van der Waals surface area (Å²) < 4.78 is 5.30. The highest BCUT2D eigenvalue weighted by Crippen LogP contribution is 2.19. The number of carbonyl (C=O) groups is 2. The number of amides is 1. The molecule has 3 rings (SSSR count). The second kappa shape index (κ2) is 8.09. The summed E-state index contributed by atoms with van der Waals surface area (Å²) in [6.07, 6.45) is 1.48. The van der Waals surface area contributed by atoms with Crippen molar-refractivity contribution in [2.45, 2.75) is 6.61 Å². The molecule has 0 spiro atoms. The van der Waals surface area contributed by atoms with Crippen LogP contribution in [0.15, 0.2) is 60.8 Å². The Balaban J connectivity index is 1.73. The van der Waals surface area contributed by atoms with Crippen LogP contribution < -0.4 is 11.1 Å². The summed E-state index contributed by atoms with van der Waals surface area (Å²) in [4.78, 5) is 32.2. The zero-order chi connectivity index (χ0) is 19.2. The van der Waals surface area contributed by atoms with Gasteiger partial charge in [-0.15, -0.1) is 0 Å². The summed E-state index contributed by atoms with van der Waals surface area (Å²) in [7, 11) is 1.49. The fourth-order valence-electron chi connectivity index (χ4n) is 2.41. The van der Waals surface area contributed by atoms with Crippen LogP contribution in [-0.2, 0) is 11.3 Å². The molecular weight excluding hydrogens is 344 g/mol. The lowest BCUT2D eigenvalue weighted by molar-refractivity contribution is 0.0472. The van der Waals surface area contributed by atoms with Gasteiger partial charge >= 0.3 is 5.97 Å². The number of nitrogen functional groups attached to an aromatic ring is 1. The minimum atomic E-state index is -0.417. The maximum Gasteiger partial charge on any atom is 0.338 e. The molecule has 2 aromatic carbocycles. The number of aromatic nitrogens is 2. The zero-order valence-corrected chi connectivity index (χ0v) is 14.7. The summed E-state index contributed by atoms with van der Waals surface area (Å²) in [6, 6.07) is 16.2. The molecule has 0 aliphatic carbocycles. The van der Waals surface area contributed by atoms with Crippen molar-refractivity contribution in [1.29, 1.82) is 0 Å². The van der Waals surface area contributed by atoms with Gasteiger partial charge < -0.3 is 15.8 Å². The van der Waals surface area contributed by atoms with Crippen molar-refractivity contribution in [3.05, 3.63) is 77.6 Å². The normalized spacial score (nSPS) is 10.3. The molecule has 0 saturated carbocycles. The van der Waals surface area contributed by atoms with Crippen LogP contribution in [0.4, 0.5) is 5.82 Å². The number of nitrogens with zero attached hydrogens (tertiary/aromatic N) is 2. The predicted octanol–water partition coefficient (Wildman–Crippen LogP) is 2.44. The number of ether oxygens (including phenoxy) is 1. The predicted molar refractivity (Wildman–Crippen MR) is 101 cm³/mol. The first-order valence-corrected chi connectivity index (χ1v) is 8.24. The molecule has 3 aromatic rings. The molecule has 7 nitrogen and oxygen atoms in total. The van der Waals surface area contributed by atoms with Crippen molar-refractivity contribution in [2.75, 3.05) is 12.8 Å². The molecule has 0 radical (unpaired) electrons. The molecule has 0 aliphatic rings. The molecule has 27 heavy (non-hydrogen) atoms. The molecule has 0 fully saturated rings. The monoisotopic (exact) mass is 362 g/mol. The highest BCUT2D eigenvalue weighted by Gasteiger charge is 2.14. The molecule has 3 N–H and O–H groups in total. The minimum absolute atomic E-state index is 0.0548. The molecule has 0 atom stereocenters. The third kappa shape index (κ3) is 4.27. The first-order chi connectivity index (χ1) is 13.1. The van der Waals surface area contributed by atoms with Gasteiger partial charge in [-0.05, 0) is 17.7 Å². The van der Waals surface area contributed by atoms with Crippen molar-refractivity contribution in [2.24, 2.45) is 0 Å². The fraction of sp³-hybridized carbons (Fsp3) is 0.100. The van der Waals surface area contributed by atoms with Crippen molar-refractivity contribution in [1.82, 2.24) is 15.3 Å². The Morgan fingerprint density at radius 2 is 1.78 bits per heavy atom. The molecule has 7 heteroatoms. The van der Waals surface area contributed by atoms with E-state index in [2.05, 4.69) is 15.3 Å². The fourth-order valence-corrected chi connectivity index (χ4v) is 2.41. The molecule has 0 unspecified atom stereocenters. The highest BCUT2D eigenvalue weighted by molar-refractivity contribution is 5.96. The van der Waals surface area contributed by atoms with Crippen molar-refractivity contribution in [3.8, 4) is 11.3 Å². The topological polar surface area (TPSA) is 107 Å². The third-order valence-corrected chi connectivity index (χ3v) is 3.87. The van der Waals surface area contributed by atoms with Gasteiger partial charge in [0.05, 0.1) is 17.5 Å². The molecule has 1 heterocycles. The Labute approximate surface area is 156 Å². The van der Waals surface area contributed by atoms with E-state index < -0.39 is 11.9 Å². The van der Waals surface area contributed by atoms with Gasteiger partial charge in [-0.2, -0.15) is 0 Å². The lowest BCUT2D eigenvalue weighted by Crippen LogP contribution is -2.21. The summed E-state index contributed by atoms with van der Waals surface area (Å²) in [6.45, 7) is 0.209. The Kier molecular flexibility index (Phi) is 5.41. The number of benzene rings is 2. The minimum Gasteiger partial charge on any atom is -0.457 e. The van der Waals surface area contributed by atoms with Crippen LogP contribution in [0.5, 0.6) is 0 Å². The van der Waals surface area contributed by atoms with Crippen LogP contribution in [0, 0.1) is 0 Å². The van der Waals surface area contributed by atoms with E-state index in [1.54, 1.807) is 24.3 Å². The number of anilines is 1. The molecule has 0 saturated heterocycles. The van der Waals surface area contributed by atoms with E-state index >= 15 is 0 Å². The van der Waals surface area contributed by atoms with Crippen molar-refractivity contribution >= 4 is 17.7 Å². The van der Waals surface area contributed by atoms with E-state index in [-0.39, 0.29) is 18.1 Å². The second-order valence-electron chi connectivity index (χ2n) is 5.71. The molecule has 0 bridgehead atoms. The largest absolute Gasteiger partial charge is 0.457 e. The van der Waals surface area contributed by atoms with E-state index in [1.807, 2.05) is 30.3 Å². The number of nitrogens with one attached hydrogen (secondary N) is 1. The molecule has 1 aromatic heterocycles. The summed E-state index contributed by atoms with van der Waals surface area (Å²) in [5, 5.41) is 2.47. The van der Waals surface area contributed by atoms with Gasteiger partial charge in [0, 0.05) is 12.6 Å². The van der Waals surface area contributed by atoms with E-state index in [4.69, 9.17) is 10.5 Å². The highest BCUT2D eigenvalue weighted by atomic mass is 16.5. The van der Waals surface area contributed by atoms with Gasteiger partial charge in [-0.1, -0.05) is 42.5 Å². The van der Waals surface area contributed by atoms with Gasteiger partial charge in [0.1, 0.15) is 6.61 Å². The van der Waals surface area contributed by atoms with Crippen LogP contribution in [-0.4, -0.2) is 28.9 Å². The average molecular weight is 362 g/mol. The van der Waals surface area contributed by atoms with Crippen molar-refractivity contribution in [3.63, 3.8) is 0 Å². The summed E-state index contributed by atoms with van der Waals surface area (Å²) >= 11 is 0. The molecule has 136 valence electrons. The molecular formula is C20H18N4O3. The third-order valence-electron chi connectivity index (χ3n) is 3.87. The number of carbonyl (C=O) groups excluding carboxylic acids is 2. The van der Waals surface area contributed by atoms with Crippen LogP contribution >= 0.6 is 0 Å². The second-order valence-corrected chi connectivity index (χ2v) is 5.71. The average Bonchev–Trinajstić information content (AvgIpc) is 2.72. The number of nitrogens with two attached hydrogens (primary N) is 1. The SMILES string of the molecule is CNC(=O)c1nc(-c2ccc(C(=O)OCc3ccccc3)cc2)cnc1N. The number of esters is 1. The van der Waals surface area contributed by atoms with Gasteiger partial charge in [0.15, 0.2) is 11.5 Å². The van der Waals surface area contributed by atoms with Crippen LogP contribution in [0.25, 0.3) is 11.3 Å². The quantitative estimate of drug-likeness (QED) is 0.675. The first-order valence-electron chi connectivity index (χ1n) is 8.24. The Morgan fingerprint density at radius 3 is 2.44 bits per heavy atom. The lowest BCUT2D eigenvalue weighted by atomic mass is 10.1. The van der Waals surface area contributed by atoms with E-state index in [0.29, 0.717) is 16.8 Å². The maximum atomic E-state index is 12.2. The smallest absolute Gasteiger partial charge is 0.338 e. The van der Waals surface area contributed by atoms with Gasteiger partial charge in [0.25, 0.3) is 5.91 Å². The van der Waals surface area contributed by atoms with Crippen LogP contribution in [0.1, 0.15) is 26.4 Å². The van der Waals surface area contributed by atoms with E-state index in [0.717, 1.165) is 5.56 Å². The maximum absolute atomic E-state index is 12.2. The van der Waals surface area contributed by atoms with Crippen LogP contribution in [0.3, 0.4) is 0 Å². The Morgan fingerprint density at radius 1 is 1.07 bits per heavy atom. The van der Waals surface area contributed by atoms with Gasteiger partial charge in [-0.25, -0.2) is 14.8 Å². The standard InChI is InChI=1S/C20H18N4O3/c1-22-19(25)17-18(21)23-11-16(24-17)14-7-9-15(10-8-14)20(26)27-12-13-5-3-2-4-6-13/h2-11H,12H2,1H3,(H2,21,23)(H,22,25). The number of hydrogen-bond donors (Lipinski definition) is 2. The summed E-state index contributed by atoms with van der Waals surface area (Å²) in [5.74, 6) is -0.776.